The maximum atomic E-state index is 12.1. The molecule has 0 radical (unpaired) electrons. The van der Waals surface area contributed by atoms with Crippen molar-refractivity contribution in [2.45, 2.75) is 26.1 Å². The van der Waals surface area contributed by atoms with Crippen LogP contribution >= 0.6 is 11.3 Å². The fraction of sp³-hybridized carbons (Fsp3) is 0.267. The van der Waals surface area contributed by atoms with Gasteiger partial charge in [-0.25, -0.2) is 0 Å². The average Bonchev–Trinajstić information content (AvgIpc) is 3.05. The average molecular weight is 258 g/mol. The summed E-state index contributed by atoms with van der Waals surface area (Å²) in [4.78, 5) is 12.1. The molecule has 18 heavy (non-hydrogen) atoms. The van der Waals surface area contributed by atoms with Crippen LogP contribution in [0.5, 0.6) is 0 Å². The first kappa shape index (κ1) is 11.6. The van der Waals surface area contributed by atoms with Crippen LogP contribution in [0.4, 0.5) is 0 Å². The van der Waals surface area contributed by atoms with Gasteiger partial charge in [0.2, 0.25) is 0 Å². The lowest BCUT2D eigenvalue weighted by Gasteiger charge is -2.03. The molecule has 0 N–H and O–H groups in total. The van der Waals surface area contributed by atoms with Crippen LogP contribution in [0.15, 0.2) is 35.0 Å². The predicted octanol–water partition coefficient (Wildman–Crippen LogP) is 3.59. The minimum atomic E-state index is 0.218. The van der Waals surface area contributed by atoms with Crippen molar-refractivity contribution in [1.29, 1.82) is 0 Å². The first-order valence-electron chi connectivity index (χ1n) is 6.07. The van der Waals surface area contributed by atoms with Crippen LogP contribution in [0.25, 0.3) is 0 Å². The van der Waals surface area contributed by atoms with Crippen molar-refractivity contribution < 1.29 is 9.53 Å². The molecule has 3 heteroatoms. The number of benzene rings is 1. The van der Waals surface area contributed by atoms with Crippen LogP contribution < -0.4 is 0 Å². The molecular weight excluding hydrogens is 244 g/mol. The summed E-state index contributed by atoms with van der Waals surface area (Å²) >= 11 is 1.68. The van der Waals surface area contributed by atoms with E-state index in [4.69, 9.17) is 4.74 Å². The molecular formula is C15H14O2S. The van der Waals surface area contributed by atoms with E-state index in [1.165, 1.54) is 11.1 Å². The fourth-order valence-corrected chi connectivity index (χ4v) is 2.89. The minimum Gasteiger partial charge on any atom is -0.372 e. The molecule has 0 saturated carbocycles. The standard InChI is InChI=1S/C15H14O2S/c16-15(4-1-11-5-6-18-10-11)12-2-3-13-8-17-9-14(13)7-12/h2-3,5-7,10H,1,4,8-9H2. The molecule has 0 spiro atoms. The van der Waals surface area contributed by atoms with E-state index in [2.05, 4.69) is 11.4 Å². The highest BCUT2D eigenvalue weighted by atomic mass is 32.1. The van der Waals surface area contributed by atoms with Crippen LogP contribution in [-0.4, -0.2) is 5.78 Å². The fourth-order valence-electron chi connectivity index (χ4n) is 2.18. The lowest BCUT2D eigenvalue weighted by Crippen LogP contribution is -2.01. The van der Waals surface area contributed by atoms with Crippen LogP contribution in [-0.2, 0) is 24.4 Å². The summed E-state index contributed by atoms with van der Waals surface area (Å²) in [5.74, 6) is 0.218. The summed E-state index contributed by atoms with van der Waals surface area (Å²) in [7, 11) is 0. The highest BCUT2D eigenvalue weighted by Crippen LogP contribution is 2.22. The van der Waals surface area contributed by atoms with Crippen LogP contribution in [0, 0.1) is 0 Å². The molecule has 0 amide bonds. The number of ketones is 1. The van der Waals surface area contributed by atoms with Gasteiger partial charge < -0.3 is 4.74 Å². The van der Waals surface area contributed by atoms with Gasteiger partial charge in [0.25, 0.3) is 0 Å². The topological polar surface area (TPSA) is 26.3 Å². The summed E-state index contributed by atoms with van der Waals surface area (Å²) < 4.78 is 5.36. The Morgan fingerprint density at radius 2 is 2.11 bits per heavy atom. The number of carbonyl (C=O) groups is 1. The van der Waals surface area contributed by atoms with E-state index in [-0.39, 0.29) is 5.78 Å². The van der Waals surface area contributed by atoms with Gasteiger partial charge in [0, 0.05) is 12.0 Å². The third-order valence-electron chi connectivity index (χ3n) is 3.26. The summed E-state index contributed by atoms with van der Waals surface area (Å²) in [6.07, 6.45) is 1.41. The van der Waals surface area contributed by atoms with E-state index in [9.17, 15) is 4.79 Å². The van der Waals surface area contributed by atoms with Gasteiger partial charge in [-0.05, 0) is 46.0 Å². The largest absolute Gasteiger partial charge is 0.372 e. The van der Waals surface area contributed by atoms with Crippen molar-refractivity contribution in [3.63, 3.8) is 0 Å². The zero-order valence-corrected chi connectivity index (χ0v) is 10.8. The molecule has 2 nitrogen and oxygen atoms in total. The number of aryl methyl sites for hydroxylation is 1. The third kappa shape index (κ3) is 2.37. The normalized spacial score (nSPS) is 13.6. The molecule has 3 rings (SSSR count). The van der Waals surface area contributed by atoms with Gasteiger partial charge in [0.1, 0.15) is 0 Å². The Morgan fingerprint density at radius 1 is 1.22 bits per heavy atom. The number of ether oxygens (including phenoxy) is 1. The number of thiophene rings is 1. The van der Waals surface area contributed by atoms with Gasteiger partial charge in [-0.3, -0.25) is 4.79 Å². The Labute approximate surface area is 110 Å². The third-order valence-corrected chi connectivity index (χ3v) is 4.00. The molecule has 0 aliphatic carbocycles. The Bertz CT molecular complexity index is 558. The highest BCUT2D eigenvalue weighted by Gasteiger charge is 2.14. The zero-order chi connectivity index (χ0) is 12.4. The van der Waals surface area contributed by atoms with Gasteiger partial charge in [-0.1, -0.05) is 12.1 Å². The SMILES string of the molecule is O=C(CCc1ccsc1)c1ccc2c(c1)COC2. The monoisotopic (exact) mass is 258 g/mol. The second-order valence-corrected chi connectivity index (χ2v) is 5.31. The Morgan fingerprint density at radius 3 is 2.94 bits per heavy atom. The number of fused-ring (bicyclic) bond motifs is 1. The van der Waals surface area contributed by atoms with E-state index in [1.54, 1.807) is 11.3 Å². The number of rotatable bonds is 4. The van der Waals surface area contributed by atoms with Crippen molar-refractivity contribution >= 4 is 17.1 Å². The molecule has 0 unspecified atom stereocenters. The number of carbonyl (C=O) groups excluding carboxylic acids is 1. The molecule has 1 aliphatic heterocycles. The van der Waals surface area contributed by atoms with Gasteiger partial charge >= 0.3 is 0 Å². The summed E-state index contributed by atoms with van der Waals surface area (Å²) in [6, 6.07) is 8.00. The molecule has 92 valence electrons. The Kier molecular flexibility index (Phi) is 3.26. The molecule has 2 aromatic rings. The van der Waals surface area contributed by atoms with Crippen LogP contribution in [0.1, 0.15) is 33.5 Å². The quantitative estimate of drug-likeness (QED) is 0.783. The second kappa shape index (κ2) is 5.04. The van der Waals surface area contributed by atoms with Gasteiger partial charge in [0.15, 0.2) is 5.78 Å². The van der Waals surface area contributed by atoms with E-state index in [1.807, 2.05) is 23.6 Å². The van der Waals surface area contributed by atoms with Gasteiger partial charge in [-0.2, -0.15) is 11.3 Å². The molecule has 0 saturated heterocycles. The first-order valence-corrected chi connectivity index (χ1v) is 7.01. The lowest BCUT2D eigenvalue weighted by molar-refractivity contribution is 0.0982. The van der Waals surface area contributed by atoms with Crippen molar-refractivity contribution in [1.82, 2.24) is 0 Å². The smallest absolute Gasteiger partial charge is 0.163 e. The maximum Gasteiger partial charge on any atom is 0.163 e. The van der Waals surface area contributed by atoms with E-state index in [0.29, 0.717) is 19.6 Å². The lowest BCUT2D eigenvalue weighted by atomic mass is 10.0. The van der Waals surface area contributed by atoms with E-state index >= 15 is 0 Å². The van der Waals surface area contributed by atoms with Gasteiger partial charge in [-0.15, -0.1) is 0 Å². The van der Waals surface area contributed by atoms with Crippen molar-refractivity contribution in [3.8, 4) is 0 Å². The molecule has 1 aromatic heterocycles. The maximum absolute atomic E-state index is 12.1. The Hall–Kier alpha value is -1.45. The molecule has 0 atom stereocenters. The predicted molar refractivity (Wildman–Crippen MR) is 71.9 cm³/mol. The summed E-state index contributed by atoms with van der Waals surface area (Å²) in [5, 5.41) is 4.15. The van der Waals surface area contributed by atoms with Crippen molar-refractivity contribution in [3.05, 3.63) is 57.3 Å². The second-order valence-electron chi connectivity index (χ2n) is 4.53. The van der Waals surface area contributed by atoms with E-state index < -0.39 is 0 Å². The number of hydrogen-bond donors (Lipinski definition) is 0. The molecule has 1 aliphatic rings. The van der Waals surface area contributed by atoms with Gasteiger partial charge in [0.05, 0.1) is 13.2 Å². The van der Waals surface area contributed by atoms with Crippen LogP contribution in [0.3, 0.4) is 0 Å². The van der Waals surface area contributed by atoms with Crippen LogP contribution in [0.2, 0.25) is 0 Å². The summed E-state index contributed by atoms with van der Waals surface area (Å²) in [6.45, 7) is 1.32. The first-order chi connectivity index (χ1) is 8.83. The van der Waals surface area contributed by atoms with Crippen molar-refractivity contribution in [2.75, 3.05) is 0 Å². The molecule has 0 bridgehead atoms. The molecule has 1 aromatic carbocycles. The zero-order valence-electron chi connectivity index (χ0n) is 10.0. The number of Topliss-reactive ketones (excluding diaryl/α,β-unsaturated/α-hetero) is 1. The highest BCUT2D eigenvalue weighted by molar-refractivity contribution is 7.07. The van der Waals surface area contributed by atoms with Crippen molar-refractivity contribution in [2.24, 2.45) is 0 Å². The van der Waals surface area contributed by atoms with E-state index in [0.717, 1.165) is 17.5 Å². The molecule has 0 fully saturated rings. The minimum absolute atomic E-state index is 0.218. The summed E-state index contributed by atoms with van der Waals surface area (Å²) in [5.41, 5.74) is 4.44. The number of hydrogen-bond acceptors (Lipinski definition) is 3. The Balaban J connectivity index is 1.69. The molecule has 2 heterocycles.